The van der Waals surface area contributed by atoms with Crippen LogP contribution in [0.3, 0.4) is 0 Å². The quantitative estimate of drug-likeness (QED) is 0.798. The molecular weight excluding hydrogens is 206 g/mol. The fourth-order valence-electron chi connectivity index (χ4n) is 1.29. The zero-order valence-corrected chi connectivity index (χ0v) is 10.0. The van der Waals surface area contributed by atoms with Crippen molar-refractivity contribution < 1.29 is 14.2 Å². The molecule has 0 aliphatic heterocycles. The fourth-order valence-corrected chi connectivity index (χ4v) is 1.29. The first-order valence-corrected chi connectivity index (χ1v) is 5.62. The van der Waals surface area contributed by atoms with E-state index in [1.807, 2.05) is 20.8 Å². The van der Waals surface area contributed by atoms with E-state index in [1.165, 1.54) is 12.1 Å². The number of carboxylic acid groups (broad SMARTS) is 1. The average molecular weight is 224 g/mol. The van der Waals surface area contributed by atoms with Gasteiger partial charge >= 0.3 is 13.0 Å². The number of hydrogen-bond donors (Lipinski definition) is 1. The number of aromatic carboxylic acids is 1. The van der Waals surface area contributed by atoms with Gasteiger partial charge in [-0.05, 0) is 17.8 Å². The van der Waals surface area contributed by atoms with Gasteiger partial charge < -0.3 is 9.42 Å². The number of halogens is 1. The van der Waals surface area contributed by atoms with Crippen molar-refractivity contribution in [3.05, 3.63) is 29.8 Å². The molecule has 0 heterocycles. The Kier molecular flexibility index (Phi) is 7.26. The molecule has 16 heavy (non-hydrogen) atoms. The van der Waals surface area contributed by atoms with Crippen LogP contribution in [0.1, 0.15) is 37.6 Å². The maximum absolute atomic E-state index is 13.4. The molecule has 1 rings (SSSR count). The van der Waals surface area contributed by atoms with E-state index in [2.05, 4.69) is 0 Å². The van der Waals surface area contributed by atoms with Crippen molar-refractivity contribution in [1.82, 2.24) is 0 Å². The Balaban J connectivity index is 0.00000106. The molecule has 4 heteroatoms. The normalized spacial score (nSPS) is 9.00. The first-order valence-electron chi connectivity index (χ1n) is 5.62. The minimum atomic E-state index is -1.06. The third kappa shape index (κ3) is 4.47. The van der Waals surface area contributed by atoms with Crippen LogP contribution in [0.4, 0.5) is 4.32 Å². The Morgan fingerprint density at radius 3 is 2.56 bits per heavy atom. The maximum atomic E-state index is 13.4. The minimum Gasteiger partial charge on any atom is -0.478 e. The van der Waals surface area contributed by atoms with E-state index in [0.717, 1.165) is 6.42 Å². The molecular formula is C12H18BFO2. The predicted octanol–water partition coefficient (Wildman–Crippen LogP) is 2.99. The Morgan fingerprint density at radius 1 is 1.44 bits per heavy atom. The maximum Gasteiger partial charge on any atom is 0.380 e. The monoisotopic (exact) mass is 224 g/mol. The molecule has 0 saturated carbocycles. The topological polar surface area (TPSA) is 37.3 Å². The second kappa shape index (κ2) is 7.91. The highest BCUT2D eigenvalue weighted by atomic mass is 19.1. The zero-order chi connectivity index (χ0) is 12.6. The van der Waals surface area contributed by atoms with Crippen molar-refractivity contribution in [3.63, 3.8) is 0 Å². The number of benzene rings is 1. The van der Waals surface area contributed by atoms with E-state index in [0.29, 0.717) is 11.8 Å². The molecule has 0 aliphatic rings. The van der Waals surface area contributed by atoms with Crippen molar-refractivity contribution in [2.24, 2.45) is 0 Å². The van der Waals surface area contributed by atoms with Gasteiger partial charge in [-0.25, -0.2) is 4.79 Å². The Hall–Kier alpha value is -1.32. The lowest BCUT2D eigenvalue weighted by Gasteiger charge is -2.03. The molecule has 0 aliphatic carbocycles. The van der Waals surface area contributed by atoms with Gasteiger partial charge in [-0.15, -0.1) is 0 Å². The molecule has 1 aromatic rings. The number of hydrogen-bond acceptors (Lipinski definition) is 1. The minimum absolute atomic E-state index is 0.140. The van der Waals surface area contributed by atoms with Crippen molar-refractivity contribution in [1.29, 1.82) is 0 Å². The van der Waals surface area contributed by atoms with Gasteiger partial charge in [0.2, 0.25) is 0 Å². The van der Waals surface area contributed by atoms with Crippen molar-refractivity contribution in [2.45, 2.75) is 33.5 Å². The number of carboxylic acids is 1. The van der Waals surface area contributed by atoms with Crippen LogP contribution in [0.15, 0.2) is 24.3 Å². The molecule has 0 unspecified atom stereocenters. The van der Waals surface area contributed by atoms with E-state index in [9.17, 15) is 9.11 Å². The SMILES string of the molecule is CC.CCCB(F)c1cccc(C(=O)O)c1. The summed E-state index contributed by atoms with van der Waals surface area (Å²) >= 11 is 0. The van der Waals surface area contributed by atoms with Crippen molar-refractivity contribution >= 4 is 18.4 Å². The van der Waals surface area contributed by atoms with Crippen LogP contribution in [0.25, 0.3) is 0 Å². The second-order valence-electron chi connectivity index (χ2n) is 3.19. The summed E-state index contributed by atoms with van der Waals surface area (Å²) in [6, 6.07) is 6.04. The summed E-state index contributed by atoms with van der Waals surface area (Å²) in [7, 11) is 0. The largest absolute Gasteiger partial charge is 0.478 e. The molecule has 0 fully saturated rings. The lowest BCUT2D eigenvalue weighted by Crippen LogP contribution is -2.25. The first kappa shape index (κ1) is 14.7. The molecule has 1 aromatic carbocycles. The average Bonchev–Trinajstić information content (AvgIpc) is 2.32. The molecule has 0 spiro atoms. The van der Waals surface area contributed by atoms with Crippen molar-refractivity contribution in [2.75, 3.05) is 0 Å². The standard InChI is InChI=1S/C10H12BFO2.C2H6/c1-2-6-11(12)9-5-3-4-8(7-9)10(13)14;1-2/h3-5,7H,2,6H2,1H3,(H,13,14);1-2H3. The van der Waals surface area contributed by atoms with Gasteiger partial charge in [0, 0.05) is 0 Å². The molecule has 1 N–H and O–H groups in total. The van der Waals surface area contributed by atoms with Gasteiger partial charge in [-0.3, -0.25) is 0 Å². The lowest BCUT2D eigenvalue weighted by atomic mass is 9.61. The van der Waals surface area contributed by atoms with Crippen LogP contribution >= 0.6 is 0 Å². The van der Waals surface area contributed by atoms with Gasteiger partial charge in [-0.1, -0.05) is 45.4 Å². The van der Waals surface area contributed by atoms with Crippen molar-refractivity contribution in [3.8, 4) is 0 Å². The fraction of sp³-hybridized carbons (Fsp3) is 0.417. The third-order valence-corrected chi connectivity index (χ3v) is 2.04. The van der Waals surface area contributed by atoms with Gasteiger partial charge in [-0.2, -0.15) is 0 Å². The second-order valence-corrected chi connectivity index (χ2v) is 3.19. The van der Waals surface area contributed by atoms with E-state index in [4.69, 9.17) is 5.11 Å². The summed E-state index contributed by atoms with van der Waals surface area (Å²) in [6.07, 6.45) is 1.18. The van der Waals surface area contributed by atoms with Gasteiger partial charge in [0.1, 0.15) is 0 Å². The molecule has 2 nitrogen and oxygen atoms in total. The van der Waals surface area contributed by atoms with Gasteiger partial charge in [0.15, 0.2) is 0 Å². The van der Waals surface area contributed by atoms with E-state index >= 15 is 0 Å². The number of rotatable bonds is 4. The highest BCUT2D eigenvalue weighted by molar-refractivity contribution is 6.66. The van der Waals surface area contributed by atoms with E-state index in [1.54, 1.807) is 12.1 Å². The summed E-state index contributed by atoms with van der Waals surface area (Å²) < 4.78 is 13.4. The van der Waals surface area contributed by atoms with Crippen LogP contribution in [0.2, 0.25) is 6.32 Å². The molecule has 0 aromatic heterocycles. The highest BCUT2D eigenvalue weighted by Crippen LogP contribution is 2.03. The summed E-state index contributed by atoms with van der Waals surface area (Å²) in [5.74, 6) is -1.02. The summed E-state index contributed by atoms with van der Waals surface area (Å²) in [5.41, 5.74) is 0.591. The van der Waals surface area contributed by atoms with Crippen LogP contribution in [0.5, 0.6) is 0 Å². The van der Waals surface area contributed by atoms with E-state index < -0.39 is 13.0 Å². The molecule has 88 valence electrons. The van der Waals surface area contributed by atoms with E-state index in [-0.39, 0.29) is 5.56 Å². The Morgan fingerprint density at radius 2 is 2.06 bits per heavy atom. The molecule has 0 atom stereocenters. The summed E-state index contributed by atoms with van der Waals surface area (Å²) in [5, 5.41) is 8.70. The highest BCUT2D eigenvalue weighted by Gasteiger charge is 2.16. The van der Waals surface area contributed by atoms with Gasteiger partial charge in [0.25, 0.3) is 0 Å². The summed E-state index contributed by atoms with van der Waals surface area (Å²) in [4.78, 5) is 10.6. The van der Waals surface area contributed by atoms with Crippen LogP contribution in [-0.4, -0.2) is 18.1 Å². The Labute approximate surface area is 96.6 Å². The summed E-state index contributed by atoms with van der Waals surface area (Å²) in [6.45, 7) is 4.84. The van der Waals surface area contributed by atoms with Crippen LogP contribution in [0, 0.1) is 0 Å². The smallest absolute Gasteiger partial charge is 0.380 e. The van der Waals surface area contributed by atoms with Crippen LogP contribution in [-0.2, 0) is 0 Å². The lowest BCUT2D eigenvalue weighted by molar-refractivity contribution is 0.0697. The number of carbonyl (C=O) groups is 1. The zero-order valence-electron chi connectivity index (χ0n) is 10.0. The molecule has 0 bridgehead atoms. The molecule has 0 amide bonds. The molecule has 0 radical (unpaired) electrons. The predicted molar refractivity (Wildman–Crippen MR) is 66.3 cm³/mol. The Bertz CT molecular complexity index is 329. The van der Waals surface area contributed by atoms with Gasteiger partial charge in [0.05, 0.1) is 5.56 Å². The third-order valence-electron chi connectivity index (χ3n) is 2.04. The first-order chi connectivity index (χ1) is 7.65. The molecule has 0 saturated heterocycles. The van der Waals surface area contributed by atoms with Crippen LogP contribution < -0.4 is 5.46 Å².